The minimum atomic E-state index is 0.191. The van der Waals surface area contributed by atoms with E-state index in [9.17, 15) is 5.11 Å². The van der Waals surface area contributed by atoms with Crippen molar-refractivity contribution >= 4 is 27.3 Å². The summed E-state index contributed by atoms with van der Waals surface area (Å²) in [6, 6.07) is 4.67. The summed E-state index contributed by atoms with van der Waals surface area (Å²) in [5, 5.41) is 12.8. The van der Waals surface area contributed by atoms with Gasteiger partial charge in [0.15, 0.2) is 0 Å². The minimum Gasteiger partial charge on any atom is -0.395 e. The van der Waals surface area contributed by atoms with Crippen LogP contribution >= 0.6 is 27.3 Å². The van der Waals surface area contributed by atoms with Gasteiger partial charge in [-0.2, -0.15) is 0 Å². The number of thiophene rings is 1. The fourth-order valence-electron chi connectivity index (χ4n) is 1.76. The smallest absolute Gasteiger partial charge is 0.0701 e. The number of hydrogen-bond donors (Lipinski definition) is 2. The van der Waals surface area contributed by atoms with Crippen molar-refractivity contribution in [3.05, 3.63) is 20.8 Å². The largest absolute Gasteiger partial charge is 0.395 e. The highest BCUT2D eigenvalue weighted by molar-refractivity contribution is 9.11. The monoisotopic (exact) mass is 305 g/mol. The van der Waals surface area contributed by atoms with Crippen molar-refractivity contribution in [3.8, 4) is 0 Å². The van der Waals surface area contributed by atoms with E-state index in [1.807, 2.05) is 0 Å². The van der Waals surface area contributed by atoms with Crippen molar-refractivity contribution in [1.29, 1.82) is 0 Å². The van der Waals surface area contributed by atoms with Gasteiger partial charge in [0.1, 0.15) is 0 Å². The van der Waals surface area contributed by atoms with Gasteiger partial charge in [0.25, 0.3) is 0 Å². The maximum absolute atomic E-state index is 9.31. The van der Waals surface area contributed by atoms with E-state index < -0.39 is 0 Å². The minimum absolute atomic E-state index is 0.191. The van der Waals surface area contributed by atoms with E-state index in [2.05, 4.69) is 54.2 Å². The van der Waals surface area contributed by atoms with Gasteiger partial charge in [-0.15, -0.1) is 11.3 Å². The molecule has 0 aliphatic carbocycles. The summed E-state index contributed by atoms with van der Waals surface area (Å²) in [5.41, 5.74) is 0. The maximum atomic E-state index is 9.31. The molecule has 2 N–H and O–H groups in total. The average molecular weight is 306 g/mol. The summed E-state index contributed by atoms with van der Waals surface area (Å²) in [6.45, 7) is 6.70. The highest BCUT2D eigenvalue weighted by Gasteiger charge is 2.15. The van der Waals surface area contributed by atoms with Gasteiger partial charge in [-0.25, -0.2) is 0 Å². The van der Waals surface area contributed by atoms with Gasteiger partial charge in [0.2, 0.25) is 0 Å². The first-order valence-electron chi connectivity index (χ1n) is 5.65. The topological polar surface area (TPSA) is 32.3 Å². The Morgan fingerprint density at radius 1 is 1.38 bits per heavy atom. The van der Waals surface area contributed by atoms with Crippen LogP contribution in [-0.4, -0.2) is 17.8 Å². The lowest BCUT2D eigenvalue weighted by Gasteiger charge is -2.22. The fourth-order valence-corrected chi connectivity index (χ4v) is 3.20. The number of hydrogen-bond acceptors (Lipinski definition) is 3. The molecule has 2 unspecified atom stereocenters. The first-order chi connectivity index (χ1) is 7.52. The molecule has 0 bridgehead atoms. The molecule has 0 aromatic carbocycles. The predicted octanol–water partition coefficient (Wildman–Crippen LogP) is 3.57. The van der Waals surface area contributed by atoms with Crippen LogP contribution in [0, 0.1) is 5.92 Å². The van der Waals surface area contributed by atoms with E-state index in [0.29, 0.717) is 12.0 Å². The predicted molar refractivity (Wildman–Crippen MR) is 73.9 cm³/mol. The standard InChI is InChI=1S/C12H20BrNOS/c1-8(2)6-10(7-15)14-9(3)11-4-5-12(13)16-11/h4-5,8-10,14-15H,6-7H2,1-3H3. The Balaban J connectivity index is 2.51. The Kier molecular flexibility index (Phi) is 5.97. The van der Waals surface area contributed by atoms with Gasteiger partial charge in [-0.3, -0.25) is 0 Å². The zero-order chi connectivity index (χ0) is 12.1. The first kappa shape index (κ1) is 14.2. The van der Waals surface area contributed by atoms with E-state index in [4.69, 9.17) is 0 Å². The van der Waals surface area contributed by atoms with Gasteiger partial charge in [0, 0.05) is 17.0 Å². The van der Waals surface area contributed by atoms with Crippen LogP contribution in [0.5, 0.6) is 0 Å². The van der Waals surface area contributed by atoms with Gasteiger partial charge in [0.05, 0.1) is 10.4 Å². The summed E-state index contributed by atoms with van der Waals surface area (Å²) in [4.78, 5) is 1.30. The second-order valence-corrected chi connectivity index (χ2v) is 7.03. The van der Waals surface area contributed by atoms with E-state index in [0.717, 1.165) is 10.2 Å². The molecular weight excluding hydrogens is 286 g/mol. The molecule has 92 valence electrons. The van der Waals surface area contributed by atoms with Crippen molar-refractivity contribution in [2.24, 2.45) is 5.92 Å². The number of aliphatic hydroxyl groups excluding tert-OH is 1. The molecule has 1 aromatic heterocycles. The Labute approximate surface area is 110 Å². The molecular formula is C12H20BrNOS. The molecule has 1 aromatic rings. The normalized spacial score (nSPS) is 15.4. The van der Waals surface area contributed by atoms with Crippen molar-refractivity contribution in [1.82, 2.24) is 5.32 Å². The molecule has 0 radical (unpaired) electrons. The molecule has 2 atom stereocenters. The Morgan fingerprint density at radius 3 is 2.50 bits per heavy atom. The molecule has 0 fully saturated rings. The van der Waals surface area contributed by atoms with E-state index in [1.54, 1.807) is 11.3 Å². The molecule has 16 heavy (non-hydrogen) atoms. The molecule has 0 saturated carbocycles. The van der Waals surface area contributed by atoms with Crippen LogP contribution in [0.1, 0.15) is 38.1 Å². The second-order valence-electron chi connectivity index (χ2n) is 4.54. The molecule has 0 aliphatic rings. The van der Waals surface area contributed by atoms with Gasteiger partial charge >= 0.3 is 0 Å². The second kappa shape index (κ2) is 6.74. The van der Waals surface area contributed by atoms with Crippen LogP contribution in [0.3, 0.4) is 0 Å². The summed E-state index contributed by atoms with van der Waals surface area (Å²) in [7, 11) is 0. The fraction of sp³-hybridized carbons (Fsp3) is 0.667. The third kappa shape index (κ3) is 4.53. The van der Waals surface area contributed by atoms with Crippen molar-refractivity contribution in [2.45, 2.75) is 39.3 Å². The molecule has 0 spiro atoms. The van der Waals surface area contributed by atoms with Crippen LogP contribution in [0.4, 0.5) is 0 Å². The zero-order valence-corrected chi connectivity index (χ0v) is 12.4. The molecule has 1 rings (SSSR count). The number of halogens is 1. The molecule has 1 heterocycles. The van der Waals surface area contributed by atoms with E-state index in [1.165, 1.54) is 4.88 Å². The van der Waals surface area contributed by atoms with Gasteiger partial charge in [-0.1, -0.05) is 13.8 Å². The Bertz CT molecular complexity index is 314. The van der Waals surface area contributed by atoms with Crippen molar-refractivity contribution in [3.63, 3.8) is 0 Å². The lowest BCUT2D eigenvalue weighted by molar-refractivity contribution is 0.216. The quantitative estimate of drug-likeness (QED) is 0.842. The molecule has 4 heteroatoms. The lowest BCUT2D eigenvalue weighted by Crippen LogP contribution is -2.35. The Hall–Kier alpha value is 0.1000. The number of rotatable bonds is 6. The highest BCUT2D eigenvalue weighted by atomic mass is 79.9. The number of nitrogens with one attached hydrogen (secondary N) is 1. The molecule has 0 saturated heterocycles. The van der Waals surface area contributed by atoms with Crippen LogP contribution in [0.25, 0.3) is 0 Å². The van der Waals surface area contributed by atoms with Crippen LogP contribution in [-0.2, 0) is 0 Å². The molecule has 0 aliphatic heterocycles. The van der Waals surface area contributed by atoms with Gasteiger partial charge < -0.3 is 10.4 Å². The maximum Gasteiger partial charge on any atom is 0.0701 e. The first-order valence-corrected chi connectivity index (χ1v) is 7.26. The number of aliphatic hydroxyl groups is 1. The third-order valence-electron chi connectivity index (χ3n) is 2.48. The lowest BCUT2D eigenvalue weighted by atomic mass is 10.0. The summed E-state index contributed by atoms with van der Waals surface area (Å²) < 4.78 is 1.15. The Morgan fingerprint density at radius 2 is 2.06 bits per heavy atom. The summed E-state index contributed by atoms with van der Waals surface area (Å²) in [6.07, 6.45) is 1.01. The van der Waals surface area contributed by atoms with Crippen LogP contribution < -0.4 is 5.32 Å². The van der Waals surface area contributed by atoms with Crippen LogP contribution in [0.15, 0.2) is 15.9 Å². The van der Waals surface area contributed by atoms with Crippen molar-refractivity contribution in [2.75, 3.05) is 6.61 Å². The summed E-state index contributed by atoms with van der Waals surface area (Å²) >= 11 is 5.21. The SMILES string of the molecule is CC(C)CC(CO)NC(C)c1ccc(Br)s1. The zero-order valence-electron chi connectivity index (χ0n) is 10.0. The van der Waals surface area contributed by atoms with E-state index in [-0.39, 0.29) is 12.6 Å². The molecule has 2 nitrogen and oxygen atoms in total. The third-order valence-corrected chi connectivity index (χ3v) is 4.29. The molecule has 0 amide bonds. The highest BCUT2D eigenvalue weighted by Crippen LogP contribution is 2.27. The van der Waals surface area contributed by atoms with Crippen molar-refractivity contribution < 1.29 is 5.11 Å². The van der Waals surface area contributed by atoms with Crippen LogP contribution in [0.2, 0.25) is 0 Å². The summed E-state index contributed by atoms with van der Waals surface area (Å²) in [5.74, 6) is 0.604. The van der Waals surface area contributed by atoms with E-state index >= 15 is 0 Å². The average Bonchev–Trinajstić information content (AvgIpc) is 2.63. The van der Waals surface area contributed by atoms with Gasteiger partial charge in [-0.05, 0) is 47.3 Å².